The Balaban J connectivity index is 1.80. The third-order valence-electron chi connectivity index (χ3n) is 6.02. The van der Waals surface area contributed by atoms with Gasteiger partial charge in [0.1, 0.15) is 0 Å². The second-order valence-corrected chi connectivity index (χ2v) is 9.46. The van der Waals surface area contributed by atoms with Crippen LogP contribution in [0.15, 0.2) is 94.2 Å². The molecule has 1 fully saturated rings. The van der Waals surface area contributed by atoms with Gasteiger partial charge in [-0.1, -0.05) is 116 Å². The predicted molar refractivity (Wildman–Crippen MR) is 142 cm³/mol. The number of carbonyl (C=O) groups excluding carboxylic acids is 1. The van der Waals surface area contributed by atoms with E-state index in [1.165, 1.54) is 0 Å². The highest BCUT2D eigenvalue weighted by Gasteiger charge is 2.33. The van der Waals surface area contributed by atoms with Crippen LogP contribution in [0.25, 0.3) is 33.0 Å². The summed E-state index contributed by atoms with van der Waals surface area (Å²) in [5, 5.41) is 7.15. The van der Waals surface area contributed by atoms with Crippen LogP contribution in [-0.2, 0) is 4.79 Å². The van der Waals surface area contributed by atoms with Gasteiger partial charge in [0.2, 0.25) is 0 Å². The average Bonchev–Trinajstić information content (AvgIpc) is 2.83. The highest BCUT2D eigenvalue weighted by molar-refractivity contribution is 6.09. The summed E-state index contributed by atoms with van der Waals surface area (Å²) in [4.78, 5) is 18.8. The van der Waals surface area contributed by atoms with E-state index in [9.17, 15) is 4.79 Å². The number of allylic oxidation sites excluding steroid dienone is 6. The van der Waals surface area contributed by atoms with E-state index in [0.29, 0.717) is 17.3 Å². The molecule has 7 nitrogen and oxygen atoms in total. The van der Waals surface area contributed by atoms with Crippen LogP contribution in [0.1, 0.15) is 44.7 Å². The topological polar surface area (TPSA) is 115 Å². The van der Waals surface area contributed by atoms with Crippen molar-refractivity contribution in [3.05, 3.63) is 116 Å². The molecule has 1 aliphatic rings. The lowest BCUT2D eigenvalue weighted by Crippen LogP contribution is -2.29. The quantitative estimate of drug-likeness (QED) is 0.180. The van der Waals surface area contributed by atoms with E-state index in [-0.39, 0.29) is 11.2 Å². The Bertz CT molecular complexity index is 1180. The molecular formula is C28H28N6O. The van der Waals surface area contributed by atoms with Crippen LogP contribution in [0, 0.1) is 11.3 Å². The fourth-order valence-electron chi connectivity index (χ4n) is 3.85. The summed E-state index contributed by atoms with van der Waals surface area (Å²) in [6.45, 7) is 6.64. The number of hydrogen-bond acceptors (Lipinski definition) is 3. The maximum Gasteiger partial charge on any atom is 0.185 e. The number of azide groups is 2. The lowest BCUT2D eigenvalue weighted by molar-refractivity contribution is -0.113. The highest BCUT2D eigenvalue weighted by Crippen LogP contribution is 2.41. The fourth-order valence-corrected chi connectivity index (χ4v) is 3.85. The summed E-state index contributed by atoms with van der Waals surface area (Å²) in [6.07, 6.45) is 13.0. The first kappa shape index (κ1) is 25.3. The van der Waals surface area contributed by atoms with Crippen LogP contribution >= 0.6 is 0 Å². The molecule has 0 atom stereocenters. The Hall–Kier alpha value is -4.31. The molecule has 1 aliphatic carbocycles. The Kier molecular flexibility index (Phi) is 8.47. The van der Waals surface area contributed by atoms with Crippen molar-refractivity contribution in [3.63, 3.8) is 0 Å². The maximum absolute atomic E-state index is 13.2. The van der Waals surface area contributed by atoms with Crippen molar-refractivity contribution in [2.45, 2.75) is 33.6 Å². The normalized spacial score (nSPS) is 18.7. The Morgan fingerprint density at radius 3 is 1.51 bits per heavy atom. The van der Waals surface area contributed by atoms with Crippen molar-refractivity contribution in [3.8, 4) is 0 Å². The van der Waals surface area contributed by atoms with Crippen LogP contribution < -0.4 is 0 Å². The number of ketones is 1. The molecule has 0 amide bonds. The monoisotopic (exact) mass is 464 g/mol. The molecule has 0 aliphatic heterocycles. The average molecular weight is 465 g/mol. The van der Waals surface area contributed by atoms with Gasteiger partial charge in [-0.25, -0.2) is 0 Å². The lowest BCUT2D eigenvalue weighted by atomic mass is 9.69. The smallest absolute Gasteiger partial charge is 0.185 e. The number of benzene rings is 2. The van der Waals surface area contributed by atoms with Gasteiger partial charge >= 0.3 is 0 Å². The molecule has 0 spiro atoms. The van der Waals surface area contributed by atoms with Crippen molar-refractivity contribution < 1.29 is 4.79 Å². The molecule has 0 unspecified atom stereocenters. The van der Waals surface area contributed by atoms with Gasteiger partial charge in [-0.2, -0.15) is 0 Å². The largest absolute Gasteiger partial charge is 0.289 e. The van der Waals surface area contributed by atoms with Gasteiger partial charge in [-0.3, -0.25) is 4.79 Å². The van der Waals surface area contributed by atoms with E-state index in [1.807, 2.05) is 60.7 Å². The number of nitrogens with zero attached hydrogens (tertiary/aromatic N) is 6. The Labute approximate surface area is 205 Å². The Morgan fingerprint density at radius 1 is 0.771 bits per heavy atom. The maximum atomic E-state index is 13.2. The number of hydrogen-bond donors (Lipinski definition) is 0. The van der Waals surface area contributed by atoms with Crippen molar-refractivity contribution in [2.75, 3.05) is 0 Å². The third-order valence-corrected chi connectivity index (χ3v) is 6.02. The van der Waals surface area contributed by atoms with Gasteiger partial charge in [-0.15, -0.1) is 0 Å². The van der Waals surface area contributed by atoms with Crippen LogP contribution in [0.4, 0.5) is 11.4 Å². The molecule has 0 aromatic heterocycles. The van der Waals surface area contributed by atoms with Crippen LogP contribution in [-0.4, -0.2) is 5.78 Å². The molecule has 7 heteroatoms. The van der Waals surface area contributed by atoms with Gasteiger partial charge in [0, 0.05) is 32.3 Å². The molecule has 0 radical (unpaired) electrons. The SMILES string of the molecule is CC(C)(C)C1C/C(=C\C=Cc2ccc(N=[N+]=[N-])cc2)C(=O)/C(=C/C=Cc2ccc(N=[N+]=[N-])cc2)C1. The number of Topliss-reactive ketones (excluding diaryl/α,β-unsaturated/α-hetero) is 1. The first-order valence-corrected chi connectivity index (χ1v) is 11.4. The zero-order chi connectivity index (χ0) is 25.3. The van der Waals surface area contributed by atoms with Gasteiger partial charge in [0.05, 0.1) is 0 Å². The first-order chi connectivity index (χ1) is 16.8. The van der Waals surface area contributed by atoms with Crippen LogP contribution in [0.3, 0.4) is 0 Å². The van der Waals surface area contributed by atoms with Gasteiger partial charge in [0.25, 0.3) is 0 Å². The van der Waals surface area contributed by atoms with Crippen molar-refractivity contribution in [1.29, 1.82) is 0 Å². The molecule has 0 N–H and O–H groups in total. The zero-order valence-electron chi connectivity index (χ0n) is 20.2. The molecule has 35 heavy (non-hydrogen) atoms. The van der Waals surface area contributed by atoms with E-state index in [1.54, 1.807) is 24.3 Å². The van der Waals surface area contributed by atoms with Gasteiger partial charge in [-0.05, 0) is 46.4 Å². The van der Waals surface area contributed by atoms with Crippen molar-refractivity contribution in [2.24, 2.45) is 21.6 Å². The minimum Gasteiger partial charge on any atom is -0.289 e. The van der Waals surface area contributed by atoms with E-state index in [0.717, 1.165) is 35.1 Å². The first-order valence-electron chi connectivity index (χ1n) is 11.4. The summed E-state index contributed by atoms with van der Waals surface area (Å²) in [5.74, 6) is 0.433. The second kappa shape index (κ2) is 11.7. The minimum absolute atomic E-state index is 0.0699. The fraction of sp³-hybridized carbons (Fsp3) is 0.250. The summed E-state index contributed by atoms with van der Waals surface area (Å²) in [5.41, 5.74) is 21.8. The molecule has 2 aromatic rings. The predicted octanol–water partition coefficient (Wildman–Crippen LogP) is 9.17. The third kappa shape index (κ3) is 7.34. The van der Waals surface area contributed by atoms with E-state index >= 15 is 0 Å². The molecule has 0 bridgehead atoms. The summed E-state index contributed by atoms with van der Waals surface area (Å²) < 4.78 is 0. The molecule has 0 saturated heterocycles. The summed E-state index contributed by atoms with van der Waals surface area (Å²) in [7, 11) is 0. The van der Waals surface area contributed by atoms with E-state index in [4.69, 9.17) is 11.1 Å². The molecular weight excluding hydrogens is 436 g/mol. The van der Waals surface area contributed by atoms with Gasteiger partial charge < -0.3 is 0 Å². The molecule has 0 heterocycles. The molecule has 3 rings (SSSR count). The van der Waals surface area contributed by atoms with Crippen LogP contribution in [0.2, 0.25) is 0 Å². The summed E-state index contributed by atoms with van der Waals surface area (Å²) >= 11 is 0. The molecule has 1 saturated carbocycles. The standard InChI is InChI=1S/C28H28N6O/c1-28(2,3)24-18-22(8-4-6-20-10-14-25(15-11-20)31-33-29)27(35)23(19-24)9-5-7-21-12-16-26(17-13-21)32-34-30/h4-17,24H,18-19H2,1-3H3/b6-4?,7-5?,22-8+,23-9+. The zero-order valence-corrected chi connectivity index (χ0v) is 20.2. The lowest BCUT2D eigenvalue weighted by Gasteiger charge is -2.35. The van der Waals surface area contributed by atoms with Gasteiger partial charge in [0.15, 0.2) is 5.78 Å². The van der Waals surface area contributed by atoms with E-state index < -0.39 is 0 Å². The Morgan fingerprint density at radius 2 is 1.17 bits per heavy atom. The van der Waals surface area contributed by atoms with Crippen molar-refractivity contribution >= 4 is 29.3 Å². The number of carbonyl (C=O) groups is 1. The molecule has 176 valence electrons. The molecule has 2 aromatic carbocycles. The summed E-state index contributed by atoms with van der Waals surface area (Å²) in [6, 6.07) is 14.5. The van der Waals surface area contributed by atoms with Crippen LogP contribution in [0.5, 0.6) is 0 Å². The van der Waals surface area contributed by atoms with Crippen molar-refractivity contribution in [1.82, 2.24) is 0 Å². The highest BCUT2D eigenvalue weighted by atomic mass is 16.1. The second-order valence-electron chi connectivity index (χ2n) is 9.46. The van der Waals surface area contributed by atoms with E-state index in [2.05, 4.69) is 40.8 Å². The number of rotatable bonds is 6. The minimum atomic E-state index is 0.0699.